The third-order valence-corrected chi connectivity index (χ3v) is 2.75. The first-order chi connectivity index (χ1) is 8.58. The number of anilines is 1. The number of phenols is 1. The minimum Gasteiger partial charge on any atom is -0.506 e. The van der Waals surface area contributed by atoms with Gasteiger partial charge in [-0.3, -0.25) is 9.78 Å². The average molecular weight is 263 g/mol. The smallest absolute Gasteiger partial charge is 0.274 e. The molecule has 1 heterocycles. The number of amides is 1. The zero-order chi connectivity index (χ0) is 13.1. The maximum Gasteiger partial charge on any atom is 0.274 e. The van der Waals surface area contributed by atoms with Crippen LogP contribution in [0.15, 0.2) is 36.5 Å². The van der Waals surface area contributed by atoms with Gasteiger partial charge in [0, 0.05) is 18.0 Å². The molecule has 92 valence electrons. The molecule has 0 aliphatic carbocycles. The molecule has 1 amide bonds. The van der Waals surface area contributed by atoms with Crippen molar-refractivity contribution < 1.29 is 9.90 Å². The zero-order valence-corrected chi connectivity index (χ0v) is 10.4. The van der Waals surface area contributed by atoms with Crippen molar-refractivity contribution in [2.45, 2.75) is 6.92 Å². The van der Waals surface area contributed by atoms with Gasteiger partial charge < -0.3 is 10.4 Å². The number of pyridine rings is 1. The Kier molecular flexibility index (Phi) is 3.48. The number of carbonyl (C=O) groups excluding carboxylic acids is 1. The molecule has 0 bridgehead atoms. The molecule has 2 aromatic rings. The van der Waals surface area contributed by atoms with Crippen molar-refractivity contribution in [3.8, 4) is 5.75 Å². The van der Waals surface area contributed by atoms with E-state index in [0.29, 0.717) is 11.4 Å². The van der Waals surface area contributed by atoms with E-state index in [1.807, 2.05) is 0 Å². The van der Waals surface area contributed by atoms with Crippen molar-refractivity contribution in [3.63, 3.8) is 0 Å². The van der Waals surface area contributed by atoms with Gasteiger partial charge in [0.15, 0.2) is 0 Å². The van der Waals surface area contributed by atoms with Crippen LogP contribution in [0.3, 0.4) is 0 Å². The summed E-state index contributed by atoms with van der Waals surface area (Å²) in [5.74, 6) is -0.401. The summed E-state index contributed by atoms with van der Waals surface area (Å²) in [7, 11) is 0. The van der Waals surface area contributed by atoms with Crippen LogP contribution in [-0.2, 0) is 0 Å². The number of aromatic hydroxyl groups is 1. The van der Waals surface area contributed by atoms with Crippen molar-refractivity contribution in [2.24, 2.45) is 0 Å². The predicted octanol–water partition coefficient (Wildman–Crippen LogP) is 3.00. The van der Waals surface area contributed by atoms with E-state index in [9.17, 15) is 9.90 Å². The highest BCUT2D eigenvalue weighted by Gasteiger charge is 2.10. The normalized spacial score (nSPS) is 10.1. The first-order valence-electron chi connectivity index (χ1n) is 5.29. The number of nitrogens with one attached hydrogen (secondary N) is 1. The third kappa shape index (κ3) is 2.60. The number of aryl methyl sites for hydroxylation is 1. The number of phenolic OH excluding ortho intramolecular Hbond substituents is 1. The largest absolute Gasteiger partial charge is 0.506 e. The average Bonchev–Trinajstić information content (AvgIpc) is 2.34. The lowest BCUT2D eigenvalue weighted by Crippen LogP contribution is -2.14. The summed E-state index contributed by atoms with van der Waals surface area (Å²) >= 11 is 5.68. The second-order valence-corrected chi connectivity index (χ2v) is 4.20. The monoisotopic (exact) mass is 262 g/mol. The van der Waals surface area contributed by atoms with E-state index < -0.39 is 0 Å². The molecule has 0 saturated carbocycles. The molecule has 0 spiro atoms. The first-order valence-corrected chi connectivity index (χ1v) is 5.67. The van der Waals surface area contributed by atoms with E-state index in [2.05, 4.69) is 10.3 Å². The Labute approximate surface area is 109 Å². The molecule has 5 heteroatoms. The van der Waals surface area contributed by atoms with Crippen LogP contribution in [0.2, 0.25) is 5.02 Å². The van der Waals surface area contributed by atoms with Gasteiger partial charge in [-0.15, -0.1) is 0 Å². The van der Waals surface area contributed by atoms with Gasteiger partial charge in [0.2, 0.25) is 0 Å². The van der Waals surface area contributed by atoms with Gasteiger partial charge in [-0.05, 0) is 30.7 Å². The Bertz CT molecular complexity index is 599. The van der Waals surface area contributed by atoms with Crippen LogP contribution in [-0.4, -0.2) is 16.0 Å². The van der Waals surface area contributed by atoms with Crippen LogP contribution >= 0.6 is 11.6 Å². The molecule has 18 heavy (non-hydrogen) atoms. The van der Waals surface area contributed by atoms with Gasteiger partial charge in [-0.1, -0.05) is 17.7 Å². The van der Waals surface area contributed by atoms with E-state index in [1.54, 1.807) is 31.3 Å². The Balaban J connectivity index is 2.22. The molecule has 1 aromatic carbocycles. The van der Waals surface area contributed by atoms with Crippen molar-refractivity contribution in [1.82, 2.24) is 4.98 Å². The Hall–Kier alpha value is -2.07. The van der Waals surface area contributed by atoms with Crippen molar-refractivity contribution >= 4 is 23.2 Å². The van der Waals surface area contributed by atoms with Crippen LogP contribution in [0.25, 0.3) is 0 Å². The van der Waals surface area contributed by atoms with E-state index >= 15 is 0 Å². The molecule has 1 aromatic heterocycles. The van der Waals surface area contributed by atoms with Gasteiger partial charge in [0.1, 0.15) is 11.4 Å². The lowest BCUT2D eigenvalue weighted by molar-refractivity contribution is 0.102. The summed E-state index contributed by atoms with van der Waals surface area (Å²) in [5.41, 5.74) is 1.60. The Morgan fingerprint density at radius 2 is 2.17 bits per heavy atom. The quantitative estimate of drug-likeness (QED) is 0.875. The summed E-state index contributed by atoms with van der Waals surface area (Å²) in [6.45, 7) is 1.81. The highest BCUT2D eigenvalue weighted by Crippen LogP contribution is 2.26. The number of hydrogen-bond donors (Lipinski definition) is 2. The predicted molar refractivity (Wildman–Crippen MR) is 70.0 cm³/mol. The molecular weight excluding hydrogens is 252 g/mol. The summed E-state index contributed by atoms with van der Waals surface area (Å²) in [5, 5.41) is 12.3. The molecule has 0 atom stereocenters. The molecule has 2 N–H and O–H groups in total. The fourth-order valence-corrected chi connectivity index (χ4v) is 1.62. The minimum absolute atomic E-state index is 0.0767. The second-order valence-electron chi connectivity index (χ2n) is 3.79. The van der Waals surface area contributed by atoms with Gasteiger partial charge in [0.05, 0.1) is 5.02 Å². The topological polar surface area (TPSA) is 62.2 Å². The van der Waals surface area contributed by atoms with Crippen LogP contribution in [0, 0.1) is 6.92 Å². The summed E-state index contributed by atoms with van der Waals surface area (Å²) in [4.78, 5) is 16.0. The van der Waals surface area contributed by atoms with Crippen LogP contribution < -0.4 is 5.32 Å². The number of benzene rings is 1. The van der Waals surface area contributed by atoms with Crippen LogP contribution in [0.1, 0.15) is 16.1 Å². The zero-order valence-electron chi connectivity index (χ0n) is 9.64. The molecule has 4 nitrogen and oxygen atoms in total. The van der Waals surface area contributed by atoms with E-state index in [4.69, 9.17) is 11.6 Å². The SMILES string of the molecule is Cc1cccnc1C(=O)Nc1ccc(Cl)c(O)c1. The third-order valence-electron chi connectivity index (χ3n) is 2.43. The molecule has 0 aliphatic heterocycles. The molecular formula is C13H11ClN2O2. The Morgan fingerprint density at radius 1 is 1.39 bits per heavy atom. The fraction of sp³-hybridized carbons (Fsp3) is 0.0769. The van der Waals surface area contributed by atoms with Crippen molar-refractivity contribution in [2.75, 3.05) is 5.32 Å². The highest BCUT2D eigenvalue weighted by molar-refractivity contribution is 6.32. The van der Waals surface area contributed by atoms with E-state index in [0.717, 1.165) is 5.56 Å². The lowest BCUT2D eigenvalue weighted by atomic mass is 10.2. The maximum atomic E-state index is 11.9. The number of carbonyl (C=O) groups is 1. The summed E-state index contributed by atoms with van der Waals surface area (Å²) in [6.07, 6.45) is 1.56. The van der Waals surface area contributed by atoms with Crippen LogP contribution in [0.5, 0.6) is 5.75 Å². The number of nitrogens with zero attached hydrogens (tertiary/aromatic N) is 1. The molecule has 0 unspecified atom stereocenters. The van der Waals surface area contributed by atoms with E-state index in [1.165, 1.54) is 12.1 Å². The lowest BCUT2D eigenvalue weighted by Gasteiger charge is -2.07. The number of rotatable bonds is 2. The Morgan fingerprint density at radius 3 is 2.83 bits per heavy atom. The van der Waals surface area contributed by atoms with Gasteiger partial charge in [-0.25, -0.2) is 0 Å². The standard InChI is InChI=1S/C13H11ClN2O2/c1-8-3-2-6-15-12(8)13(18)16-9-4-5-10(14)11(17)7-9/h2-7,17H,1H3,(H,16,18). The van der Waals surface area contributed by atoms with Crippen molar-refractivity contribution in [3.05, 3.63) is 52.8 Å². The minimum atomic E-state index is -0.324. The van der Waals surface area contributed by atoms with Gasteiger partial charge >= 0.3 is 0 Å². The molecule has 0 aliphatic rings. The van der Waals surface area contributed by atoms with Gasteiger partial charge in [0.25, 0.3) is 5.91 Å². The molecule has 0 saturated heterocycles. The first kappa shape index (κ1) is 12.4. The van der Waals surface area contributed by atoms with Crippen molar-refractivity contribution in [1.29, 1.82) is 0 Å². The maximum absolute atomic E-state index is 11.9. The van der Waals surface area contributed by atoms with Crippen LogP contribution in [0.4, 0.5) is 5.69 Å². The highest BCUT2D eigenvalue weighted by atomic mass is 35.5. The fourth-order valence-electron chi connectivity index (χ4n) is 1.50. The van der Waals surface area contributed by atoms with Gasteiger partial charge in [-0.2, -0.15) is 0 Å². The summed E-state index contributed by atoms with van der Waals surface area (Å²) in [6, 6.07) is 8.08. The molecule has 0 radical (unpaired) electrons. The molecule has 0 fully saturated rings. The summed E-state index contributed by atoms with van der Waals surface area (Å²) < 4.78 is 0. The molecule has 2 rings (SSSR count). The number of halogens is 1. The number of hydrogen-bond acceptors (Lipinski definition) is 3. The second kappa shape index (κ2) is 5.06. The van der Waals surface area contributed by atoms with E-state index in [-0.39, 0.29) is 16.7 Å². The number of aromatic nitrogens is 1.